The van der Waals surface area contributed by atoms with Crippen molar-refractivity contribution in [3.63, 3.8) is 0 Å². The van der Waals surface area contributed by atoms with Gasteiger partial charge in [0.25, 0.3) is 0 Å². The molecule has 130 valence electrons. The lowest BCUT2D eigenvalue weighted by Crippen LogP contribution is -2.19. The van der Waals surface area contributed by atoms with Crippen molar-refractivity contribution in [2.75, 3.05) is 11.1 Å². The van der Waals surface area contributed by atoms with E-state index >= 15 is 0 Å². The van der Waals surface area contributed by atoms with Crippen LogP contribution in [0.3, 0.4) is 0 Å². The van der Waals surface area contributed by atoms with Crippen LogP contribution in [-0.2, 0) is 4.79 Å². The van der Waals surface area contributed by atoms with Gasteiger partial charge < -0.3 is 9.88 Å². The van der Waals surface area contributed by atoms with Crippen LogP contribution in [0.15, 0.2) is 29.4 Å². The van der Waals surface area contributed by atoms with Crippen molar-refractivity contribution >= 4 is 23.5 Å². The molecule has 0 spiro atoms. The molecule has 1 aliphatic rings. The van der Waals surface area contributed by atoms with Crippen LogP contribution in [0.5, 0.6) is 0 Å². The van der Waals surface area contributed by atoms with Crippen LogP contribution >= 0.6 is 11.8 Å². The SMILES string of the molecule is Cc1c(C#N)c(NC(=O)CSc2ccccn2)n(C2CCCC2)c1C. The Kier molecular flexibility index (Phi) is 5.44. The molecule has 0 atom stereocenters. The number of nitriles is 1. The first kappa shape index (κ1) is 17.6. The summed E-state index contributed by atoms with van der Waals surface area (Å²) in [6.45, 7) is 3.99. The Morgan fingerprint density at radius 3 is 2.80 bits per heavy atom. The highest BCUT2D eigenvalue weighted by Crippen LogP contribution is 2.37. The molecule has 0 aromatic carbocycles. The van der Waals surface area contributed by atoms with Crippen LogP contribution in [0.1, 0.15) is 48.5 Å². The van der Waals surface area contributed by atoms with Gasteiger partial charge in [-0.2, -0.15) is 5.26 Å². The largest absolute Gasteiger partial charge is 0.327 e. The van der Waals surface area contributed by atoms with Crippen LogP contribution < -0.4 is 5.32 Å². The molecule has 25 heavy (non-hydrogen) atoms. The maximum Gasteiger partial charge on any atom is 0.235 e. The normalized spacial score (nSPS) is 14.4. The van der Waals surface area contributed by atoms with E-state index in [1.165, 1.54) is 24.6 Å². The number of hydrogen-bond acceptors (Lipinski definition) is 4. The first-order valence-corrected chi connectivity index (χ1v) is 9.55. The minimum absolute atomic E-state index is 0.108. The summed E-state index contributed by atoms with van der Waals surface area (Å²) < 4.78 is 2.17. The fourth-order valence-electron chi connectivity index (χ4n) is 3.45. The van der Waals surface area contributed by atoms with E-state index in [-0.39, 0.29) is 11.7 Å². The lowest BCUT2D eigenvalue weighted by atomic mass is 10.2. The number of rotatable bonds is 5. The van der Waals surface area contributed by atoms with E-state index < -0.39 is 0 Å². The van der Waals surface area contributed by atoms with Gasteiger partial charge >= 0.3 is 0 Å². The molecule has 2 aromatic rings. The summed E-state index contributed by atoms with van der Waals surface area (Å²) in [5.41, 5.74) is 2.62. The second-order valence-corrected chi connectivity index (χ2v) is 7.35. The maximum atomic E-state index is 12.5. The number of amides is 1. The lowest BCUT2D eigenvalue weighted by Gasteiger charge is -2.19. The number of nitrogens with zero attached hydrogens (tertiary/aromatic N) is 3. The Balaban J connectivity index is 1.80. The average Bonchev–Trinajstić information content (AvgIpc) is 3.22. The zero-order valence-electron chi connectivity index (χ0n) is 14.6. The van der Waals surface area contributed by atoms with E-state index in [0.29, 0.717) is 17.4 Å². The van der Waals surface area contributed by atoms with Gasteiger partial charge in [0.05, 0.1) is 16.3 Å². The molecule has 1 N–H and O–H groups in total. The smallest absolute Gasteiger partial charge is 0.235 e. The van der Waals surface area contributed by atoms with Gasteiger partial charge in [0.15, 0.2) is 0 Å². The molecule has 0 radical (unpaired) electrons. The van der Waals surface area contributed by atoms with Crippen molar-refractivity contribution in [3.8, 4) is 6.07 Å². The standard InChI is InChI=1S/C19H22N4OS/c1-13-14(2)23(15-7-3-4-8-15)19(16(13)11-20)22-17(24)12-25-18-9-5-6-10-21-18/h5-6,9-10,15H,3-4,7-8,12H2,1-2H3,(H,22,24). The van der Waals surface area contributed by atoms with Crippen LogP contribution in [0, 0.1) is 25.2 Å². The van der Waals surface area contributed by atoms with Crippen LogP contribution in [0.25, 0.3) is 0 Å². The molecule has 1 amide bonds. The molecule has 2 heterocycles. The van der Waals surface area contributed by atoms with Crippen molar-refractivity contribution in [2.24, 2.45) is 0 Å². The number of thioether (sulfide) groups is 1. The second kappa shape index (κ2) is 7.75. The number of carbonyl (C=O) groups is 1. The van der Waals surface area contributed by atoms with E-state index in [0.717, 1.165) is 29.1 Å². The van der Waals surface area contributed by atoms with Crippen molar-refractivity contribution in [3.05, 3.63) is 41.2 Å². The maximum absolute atomic E-state index is 12.5. The van der Waals surface area contributed by atoms with Gasteiger partial charge in [0.2, 0.25) is 5.91 Å². The number of nitrogens with one attached hydrogen (secondary N) is 1. The molecule has 1 aliphatic carbocycles. The van der Waals surface area contributed by atoms with Gasteiger partial charge in [-0.3, -0.25) is 4.79 Å². The predicted molar refractivity (Wildman–Crippen MR) is 99.7 cm³/mol. The number of pyridine rings is 1. The average molecular weight is 354 g/mol. The fraction of sp³-hybridized carbons (Fsp3) is 0.421. The molecule has 0 unspecified atom stereocenters. The topological polar surface area (TPSA) is 70.7 Å². The van der Waals surface area contributed by atoms with Crippen LogP contribution in [0.2, 0.25) is 0 Å². The summed E-state index contributed by atoms with van der Waals surface area (Å²) >= 11 is 1.40. The van der Waals surface area contributed by atoms with E-state index in [1.807, 2.05) is 32.0 Å². The van der Waals surface area contributed by atoms with Crippen molar-refractivity contribution in [1.82, 2.24) is 9.55 Å². The van der Waals surface area contributed by atoms with Gasteiger partial charge in [0, 0.05) is 17.9 Å². The number of aromatic nitrogens is 2. The minimum atomic E-state index is -0.108. The molecule has 0 aliphatic heterocycles. The van der Waals surface area contributed by atoms with Crippen LogP contribution in [0.4, 0.5) is 5.82 Å². The molecule has 5 nitrogen and oxygen atoms in total. The molecule has 0 bridgehead atoms. The van der Waals surface area contributed by atoms with Gasteiger partial charge in [-0.15, -0.1) is 0 Å². The third-order valence-corrected chi connectivity index (χ3v) is 5.75. The highest BCUT2D eigenvalue weighted by Gasteiger charge is 2.26. The second-order valence-electron chi connectivity index (χ2n) is 6.36. The van der Waals surface area contributed by atoms with E-state index in [2.05, 4.69) is 20.9 Å². The monoisotopic (exact) mass is 354 g/mol. The van der Waals surface area contributed by atoms with Crippen molar-refractivity contribution in [2.45, 2.75) is 50.6 Å². The number of hydrogen-bond donors (Lipinski definition) is 1. The van der Waals surface area contributed by atoms with Gasteiger partial charge in [-0.1, -0.05) is 30.7 Å². The van der Waals surface area contributed by atoms with Gasteiger partial charge in [0.1, 0.15) is 11.9 Å². The molecule has 2 aromatic heterocycles. The van der Waals surface area contributed by atoms with E-state index in [1.54, 1.807) is 6.20 Å². The first-order chi connectivity index (χ1) is 12.1. The summed E-state index contributed by atoms with van der Waals surface area (Å²) in [7, 11) is 0. The predicted octanol–water partition coefficient (Wildman–Crippen LogP) is 4.22. The molecule has 6 heteroatoms. The molecule has 1 fully saturated rings. The summed E-state index contributed by atoms with van der Waals surface area (Å²) in [6, 6.07) is 8.28. The summed E-state index contributed by atoms with van der Waals surface area (Å²) in [4.78, 5) is 16.7. The van der Waals surface area contributed by atoms with Gasteiger partial charge in [-0.05, 0) is 44.4 Å². The molecule has 3 rings (SSSR count). The molecular formula is C19H22N4OS. The Labute approximate surface area is 152 Å². The highest BCUT2D eigenvalue weighted by atomic mass is 32.2. The van der Waals surface area contributed by atoms with Crippen molar-refractivity contribution in [1.29, 1.82) is 5.26 Å². The Morgan fingerprint density at radius 1 is 1.40 bits per heavy atom. The summed E-state index contributed by atoms with van der Waals surface area (Å²) in [6.07, 6.45) is 6.32. The third-order valence-electron chi connectivity index (χ3n) is 4.81. The minimum Gasteiger partial charge on any atom is -0.327 e. The summed E-state index contributed by atoms with van der Waals surface area (Å²) in [5, 5.41) is 13.4. The lowest BCUT2D eigenvalue weighted by molar-refractivity contribution is -0.113. The number of carbonyl (C=O) groups excluding carboxylic acids is 1. The molecular weight excluding hydrogens is 332 g/mol. The van der Waals surface area contributed by atoms with Crippen LogP contribution in [-0.4, -0.2) is 21.2 Å². The van der Waals surface area contributed by atoms with E-state index in [4.69, 9.17) is 0 Å². The third kappa shape index (κ3) is 3.72. The molecule has 0 saturated heterocycles. The quantitative estimate of drug-likeness (QED) is 0.816. The number of anilines is 1. The fourth-order valence-corrected chi connectivity index (χ4v) is 4.11. The zero-order chi connectivity index (χ0) is 17.8. The zero-order valence-corrected chi connectivity index (χ0v) is 15.4. The van der Waals surface area contributed by atoms with Crippen molar-refractivity contribution < 1.29 is 4.79 Å². The van der Waals surface area contributed by atoms with Gasteiger partial charge in [-0.25, -0.2) is 4.98 Å². The van der Waals surface area contributed by atoms with E-state index in [9.17, 15) is 10.1 Å². The highest BCUT2D eigenvalue weighted by molar-refractivity contribution is 7.99. The molecule has 1 saturated carbocycles. The Bertz CT molecular complexity index is 801. The Hall–Kier alpha value is -2.26. The Morgan fingerprint density at radius 2 is 2.16 bits per heavy atom. The first-order valence-electron chi connectivity index (χ1n) is 8.57. The summed E-state index contributed by atoms with van der Waals surface area (Å²) in [5.74, 6) is 0.829.